The molecule has 2 heterocycles. The third kappa shape index (κ3) is 9.99. The van der Waals surface area contributed by atoms with Gasteiger partial charge >= 0.3 is 18.3 Å². The van der Waals surface area contributed by atoms with Crippen LogP contribution in [0.2, 0.25) is 5.02 Å². The molecule has 1 aliphatic heterocycles. The van der Waals surface area contributed by atoms with Crippen molar-refractivity contribution in [2.45, 2.75) is 87.5 Å². The van der Waals surface area contributed by atoms with E-state index in [0.29, 0.717) is 36.4 Å². The van der Waals surface area contributed by atoms with E-state index in [9.17, 15) is 36.4 Å². The molecule has 2 amide bonds. The van der Waals surface area contributed by atoms with Crippen LogP contribution in [0.3, 0.4) is 0 Å². The lowest BCUT2D eigenvalue weighted by molar-refractivity contribution is -0.711. The second-order valence-corrected chi connectivity index (χ2v) is 17.2. The number of benzene rings is 2. The summed E-state index contributed by atoms with van der Waals surface area (Å²) in [5.41, 5.74) is 0.112. The molecule has 2 saturated carbocycles. The quantitative estimate of drug-likeness (QED) is 0.180. The molecule has 54 heavy (non-hydrogen) atoms. The molecular formula is C34H40ClF3N8O7S. The Hall–Kier alpha value is -4.46. The molecule has 3 atom stereocenters. The molecule has 3 aliphatic rings. The minimum atomic E-state index is -4.63. The number of carbonyl (C=O) groups is 2. The Kier molecular flexibility index (Phi) is 10.9. The van der Waals surface area contributed by atoms with E-state index in [0.717, 1.165) is 5.56 Å². The minimum Gasteiger partial charge on any atom is -0.618 e. The van der Waals surface area contributed by atoms with Gasteiger partial charge in [-0.15, -0.1) is 0 Å². The van der Waals surface area contributed by atoms with E-state index in [1.54, 1.807) is 32.9 Å². The molecule has 20 heteroatoms. The Morgan fingerprint density at radius 1 is 1.02 bits per heavy atom. The number of nitrogens with one attached hydrogen (secondary N) is 4. The van der Waals surface area contributed by atoms with Crippen LogP contribution < -0.4 is 25.2 Å². The second kappa shape index (κ2) is 15.0. The summed E-state index contributed by atoms with van der Waals surface area (Å²) in [6, 6.07) is 11.2. The number of halogens is 4. The van der Waals surface area contributed by atoms with Gasteiger partial charge in [0, 0.05) is 28.9 Å². The lowest BCUT2D eigenvalue weighted by Gasteiger charge is -2.31. The van der Waals surface area contributed by atoms with Crippen molar-refractivity contribution in [3.8, 4) is 6.01 Å². The van der Waals surface area contributed by atoms with E-state index in [4.69, 9.17) is 21.1 Å². The van der Waals surface area contributed by atoms with Gasteiger partial charge < -0.3 is 30.6 Å². The summed E-state index contributed by atoms with van der Waals surface area (Å²) in [5.74, 6) is -0.638. The van der Waals surface area contributed by atoms with Crippen molar-refractivity contribution in [3.05, 3.63) is 69.9 Å². The van der Waals surface area contributed by atoms with Crippen molar-refractivity contribution in [1.29, 1.82) is 0 Å². The highest BCUT2D eigenvalue weighted by Crippen LogP contribution is 2.48. The number of amides is 2. The Bertz CT molecular complexity index is 1960. The summed E-state index contributed by atoms with van der Waals surface area (Å²) in [7, 11) is -3.96. The van der Waals surface area contributed by atoms with Crippen LogP contribution in [-0.4, -0.2) is 89.1 Å². The monoisotopic (exact) mass is 796 g/mol. The molecule has 1 unspecified atom stereocenters. The van der Waals surface area contributed by atoms with Gasteiger partial charge in [-0.3, -0.25) is 14.2 Å². The first-order valence-electron chi connectivity index (χ1n) is 17.2. The summed E-state index contributed by atoms with van der Waals surface area (Å²) in [6.45, 7) is 3.01. The summed E-state index contributed by atoms with van der Waals surface area (Å²) >= 11 is 6.04. The number of ether oxygens (including phenoxy) is 2. The number of alkyl halides is 3. The number of hydrogen-bond donors (Lipinski definition) is 4. The third-order valence-corrected chi connectivity index (χ3v) is 11.3. The van der Waals surface area contributed by atoms with Crippen LogP contribution in [0.15, 0.2) is 48.5 Å². The SMILES string of the molecule is CC(C)(C)OC(=O)N1C[C@@H](NC(=O)c2ccc(Nc3nc(NC4(c5ccc(Cl)cc5)CC4)nc(OCC(F)(F)F)n3)cc2)C[C@@H]1C[NH+]([O-])S(=O)(=O)C1CC1. The van der Waals surface area contributed by atoms with E-state index < -0.39 is 80.3 Å². The van der Waals surface area contributed by atoms with Crippen LogP contribution >= 0.6 is 11.6 Å². The van der Waals surface area contributed by atoms with Gasteiger partial charge in [0.25, 0.3) is 15.9 Å². The normalized spacial score (nSPS) is 20.2. The van der Waals surface area contributed by atoms with Gasteiger partial charge in [-0.1, -0.05) is 23.7 Å². The first kappa shape index (κ1) is 39.2. The number of likely N-dealkylation sites (tertiary alicyclic amines) is 1. The molecule has 292 valence electrons. The van der Waals surface area contributed by atoms with Gasteiger partial charge in [-0.2, -0.15) is 36.5 Å². The van der Waals surface area contributed by atoms with Crippen molar-refractivity contribution >= 4 is 51.2 Å². The molecule has 2 aliphatic carbocycles. The number of hydroxylamine groups is 1. The predicted molar refractivity (Wildman–Crippen MR) is 191 cm³/mol. The fourth-order valence-corrected chi connectivity index (χ4v) is 7.69. The number of quaternary nitrogens is 1. The smallest absolute Gasteiger partial charge is 0.422 e. The van der Waals surface area contributed by atoms with Crippen molar-refractivity contribution in [2.75, 3.05) is 30.3 Å². The largest absolute Gasteiger partial charge is 0.618 e. The van der Waals surface area contributed by atoms with Crippen LogP contribution in [-0.2, 0) is 20.3 Å². The molecule has 0 radical (unpaired) electrons. The number of anilines is 3. The summed E-state index contributed by atoms with van der Waals surface area (Å²) in [4.78, 5) is 40.0. The van der Waals surface area contributed by atoms with Crippen LogP contribution in [0.5, 0.6) is 6.01 Å². The number of aromatic nitrogens is 3. The molecule has 6 rings (SSSR count). The van der Waals surface area contributed by atoms with E-state index in [2.05, 4.69) is 30.9 Å². The second-order valence-electron chi connectivity index (χ2n) is 14.6. The predicted octanol–water partition coefficient (Wildman–Crippen LogP) is 4.29. The number of sulfonamides is 1. The van der Waals surface area contributed by atoms with Crippen molar-refractivity contribution < 1.29 is 45.1 Å². The zero-order valence-corrected chi connectivity index (χ0v) is 31.1. The maximum Gasteiger partial charge on any atom is 0.422 e. The van der Waals surface area contributed by atoms with Gasteiger partial charge in [0.1, 0.15) is 17.4 Å². The van der Waals surface area contributed by atoms with E-state index in [1.165, 1.54) is 29.2 Å². The maximum atomic E-state index is 13.3. The molecule has 15 nitrogen and oxygen atoms in total. The average Bonchev–Trinajstić information content (AvgIpc) is 4.02. The molecule has 4 N–H and O–H groups in total. The fraction of sp³-hybridized carbons (Fsp3) is 0.500. The topological polar surface area (TPSA) is 192 Å². The molecular weight excluding hydrogens is 757 g/mol. The van der Waals surface area contributed by atoms with Gasteiger partial charge in [0.05, 0.1) is 11.6 Å². The third-order valence-electron chi connectivity index (χ3n) is 8.94. The maximum absolute atomic E-state index is 13.3. The standard InChI is InChI=1S/C34H40ClF3N8O7S/c1-32(2,3)53-31(48)45-17-24(16-25(45)18-46(49)54(50,51)26-12-13-26)39-27(47)20-4-10-23(11-5-20)40-28-41-29(43-30(42-28)52-19-34(36,37)38)44-33(14-15-33)21-6-8-22(35)9-7-21/h4-11,24-26,46H,12-19H2,1-3H3,(H,39,47)(H2,40,41,42,43,44)/t24-,25+/m0/s1. The van der Waals surface area contributed by atoms with Crippen LogP contribution in [0.1, 0.15) is 68.8 Å². The molecule has 3 fully saturated rings. The van der Waals surface area contributed by atoms with E-state index in [-0.39, 0.29) is 30.4 Å². The van der Waals surface area contributed by atoms with Gasteiger partial charge in [0.15, 0.2) is 6.61 Å². The van der Waals surface area contributed by atoms with Gasteiger partial charge in [-0.25, -0.2) is 4.79 Å². The molecule has 1 aromatic heterocycles. The van der Waals surface area contributed by atoms with Gasteiger partial charge in [0.2, 0.25) is 11.9 Å². The zero-order valence-electron chi connectivity index (χ0n) is 29.6. The minimum absolute atomic E-state index is 0.00445. The van der Waals surface area contributed by atoms with Crippen molar-refractivity contribution in [1.82, 2.24) is 25.2 Å². The molecule has 0 bridgehead atoms. The Balaban J connectivity index is 1.13. The molecule has 3 aromatic rings. The first-order valence-corrected chi connectivity index (χ1v) is 19.2. The summed E-state index contributed by atoms with van der Waals surface area (Å²) in [5, 5.41) is 21.6. The Morgan fingerprint density at radius 2 is 1.67 bits per heavy atom. The van der Waals surface area contributed by atoms with Crippen LogP contribution in [0.4, 0.5) is 35.5 Å². The van der Waals surface area contributed by atoms with Crippen molar-refractivity contribution in [3.63, 3.8) is 0 Å². The Morgan fingerprint density at radius 3 is 2.26 bits per heavy atom. The average molecular weight is 797 g/mol. The molecule has 1 saturated heterocycles. The van der Waals surface area contributed by atoms with Crippen molar-refractivity contribution in [2.24, 2.45) is 0 Å². The first-order chi connectivity index (χ1) is 25.3. The highest BCUT2D eigenvalue weighted by Gasteiger charge is 2.46. The van der Waals surface area contributed by atoms with Gasteiger partial charge in [-0.05, 0) is 94.8 Å². The van der Waals surface area contributed by atoms with Crippen LogP contribution in [0, 0.1) is 5.21 Å². The lowest BCUT2D eigenvalue weighted by atomic mass is 10.1. The number of hydrogen-bond acceptors (Lipinski definition) is 12. The highest BCUT2D eigenvalue weighted by atomic mass is 35.5. The van der Waals surface area contributed by atoms with E-state index >= 15 is 0 Å². The number of carbonyl (C=O) groups excluding carboxylic acids is 2. The summed E-state index contributed by atoms with van der Waals surface area (Å²) < 4.78 is 73.5. The lowest BCUT2D eigenvalue weighted by Crippen LogP contribution is -3.11. The number of rotatable bonds is 13. The fourth-order valence-electron chi connectivity index (χ4n) is 6.01. The zero-order chi connectivity index (χ0) is 39.1. The molecule has 2 aromatic carbocycles. The van der Waals surface area contributed by atoms with Crippen LogP contribution in [0.25, 0.3) is 0 Å². The number of nitrogens with zero attached hydrogens (tertiary/aromatic N) is 4. The summed E-state index contributed by atoms with van der Waals surface area (Å²) in [6.07, 6.45) is -2.94. The Labute approximate surface area is 314 Å². The van der Waals surface area contributed by atoms with E-state index in [1.807, 2.05) is 12.1 Å². The molecule has 0 spiro atoms. The highest BCUT2D eigenvalue weighted by molar-refractivity contribution is 7.86.